The first-order chi connectivity index (χ1) is 15.5. The third-order valence-electron chi connectivity index (χ3n) is 6.39. The van der Waals surface area contributed by atoms with E-state index in [9.17, 15) is 9.59 Å². The molecule has 1 fully saturated rings. The van der Waals surface area contributed by atoms with Crippen LogP contribution in [0, 0.1) is 0 Å². The zero-order chi connectivity index (χ0) is 22.6. The van der Waals surface area contributed by atoms with E-state index in [0.29, 0.717) is 6.54 Å². The van der Waals surface area contributed by atoms with E-state index in [1.165, 1.54) is 6.92 Å². The number of rotatable bonds is 6. The van der Waals surface area contributed by atoms with Crippen LogP contribution in [0.5, 0.6) is 0 Å². The van der Waals surface area contributed by atoms with Gasteiger partial charge in [0.2, 0.25) is 11.8 Å². The summed E-state index contributed by atoms with van der Waals surface area (Å²) in [6.07, 6.45) is 3.63. The third kappa shape index (κ3) is 4.28. The van der Waals surface area contributed by atoms with Gasteiger partial charge in [-0.2, -0.15) is 0 Å². The number of carbonyl (C=O) groups is 2. The third-order valence-corrected chi connectivity index (χ3v) is 6.39. The minimum Gasteiger partial charge on any atom is -0.351 e. The van der Waals surface area contributed by atoms with E-state index in [1.54, 1.807) is 6.20 Å². The summed E-state index contributed by atoms with van der Waals surface area (Å²) in [4.78, 5) is 31.9. The highest BCUT2D eigenvalue weighted by molar-refractivity contribution is 5.92. The lowest BCUT2D eigenvalue weighted by atomic mass is 9.74. The summed E-state index contributed by atoms with van der Waals surface area (Å²) in [5, 5.41) is 2.80. The zero-order valence-corrected chi connectivity index (χ0v) is 18.6. The summed E-state index contributed by atoms with van der Waals surface area (Å²) in [6, 6.07) is 24.0. The van der Waals surface area contributed by atoms with Crippen LogP contribution < -0.4 is 5.32 Å². The fraction of sp³-hybridized carbons (Fsp3) is 0.296. The lowest BCUT2D eigenvalue weighted by Crippen LogP contribution is -2.45. The highest BCUT2D eigenvalue weighted by Crippen LogP contribution is 2.40. The molecule has 1 N–H and O–H groups in total. The molecule has 0 saturated carbocycles. The largest absolute Gasteiger partial charge is 0.351 e. The number of nitrogens with zero attached hydrogens (tertiary/aromatic N) is 2. The van der Waals surface area contributed by atoms with Crippen molar-refractivity contribution in [2.24, 2.45) is 0 Å². The average Bonchev–Trinajstić information content (AvgIpc) is 3.33. The minimum atomic E-state index is -0.781. The molecule has 1 atom stereocenters. The molecular formula is C27H29N3O2. The van der Waals surface area contributed by atoms with Gasteiger partial charge in [0.15, 0.2) is 0 Å². The van der Waals surface area contributed by atoms with Crippen LogP contribution >= 0.6 is 0 Å². The SMILES string of the molecule is CC(=O)NCc1cc([C@H]2CCCN2C(=O)C(C)(c2ccccc2)c2ccccc2)ccn1. The molecule has 164 valence electrons. The first-order valence-electron chi connectivity index (χ1n) is 11.1. The van der Waals surface area contributed by atoms with Crippen LogP contribution in [-0.4, -0.2) is 28.2 Å². The van der Waals surface area contributed by atoms with Gasteiger partial charge in [-0.15, -0.1) is 0 Å². The molecule has 4 rings (SSSR count). The first kappa shape index (κ1) is 21.8. The Balaban J connectivity index is 1.69. The van der Waals surface area contributed by atoms with Crippen molar-refractivity contribution in [3.05, 3.63) is 101 Å². The Morgan fingerprint density at radius 2 is 1.66 bits per heavy atom. The van der Waals surface area contributed by atoms with Crippen LogP contribution in [0.3, 0.4) is 0 Å². The second-order valence-corrected chi connectivity index (χ2v) is 8.50. The van der Waals surface area contributed by atoms with Crippen molar-refractivity contribution in [2.75, 3.05) is 6.54 Å². The molecule has 32 heavy (non-hydrogen) atoms. The van der Waals surface area contributed by atoms with Gasteiger partial charge in [0.25, 0.3) is 0 Å². The van der Waals surface area contributed by atoms with Crippen molar-refractivity contribution >= 4 is 11.8 Å². The number of benzene rings is 2. The lowest BCUT2D eigenvalue weighted by molar-refractivity contribution is -0.136. The maximum atomic E-state index is 14.2. The maximum Gasteiger partial charge on any atom is 0.237 e. The molecular weight excluding hydrogens is 398 g/mol. The molecule has 2 heterocycles. The molecule has 1 saturated heterocycles. The van der Waals surface area contributed by atoms with Crippen molar-refractivity contribution in [3.8, 4) is 0 Å². The normalized spacial score (nSPS) is 16.1. The van der Waals surface area contributed by atoms with Gasteiger partial charge < -0.3 is 10.2 Å². The number of aromatic nitrogens is 1. The minimum absolute atomic E-state index is 0.00618. The summed E-state index contributed by atoms with van der Waals surface area (Å²) in [7, 11) is 0. The van der Waals surface area contributed by atoms with Crippen LogP contribution in [0.4, 0.5) is 0 Å². The predicted molar refractivity (Wildman–Crippen MR) is 125 cm³/mol. The summed E-state index contributed by atoms with van der Waals surface area (Å²) in [6.45, 7) is 4.64. The Labute approximate surface area is 189 Å². The number of carbonyl (C=O) groups excluding carboxylic acids is 2. The zero-order valence-electron chi connectivity index (χ0n) is 18.6. The number of likely N-dealkylation sites (tertiary alicyclic amines) is 1. The van der Waals surface area contributed by atoms with Crippen LogP contribution in [0.25, 0.3) is 0 Å². The second kappa shape index (κ2) is 9.35. The second-order valence-electron chi connectivity index (χ2n) is 8.50. The Kier molecular flexibility index (Phi) is 6.35. The molecule has 1 aliphatic rings. The Bertz CT molecular complexity index is 1040. The van der Waals surface area contributed by atoms with Gasteiger partial charge in [-0.05, 0) is 48.6 Å². The van der Waals surface area contributed by atoms with Gasteiger partial charge in [-0.25, -0.2) is 0 Å². The van der Waals surface area contributed by atoms with Crippen molar-refractivity contribution < 1.29 is 9.59 Å². The molecule has 0 aliphatic carbocycles. The van der Waals surface area contributed by atoms with Gasteiger partial charge in [0.05, 0.1) is 23.7 Å². The summed E-state index contributed by atoms with van der Waals surface area (Å²) >= 11 is 0. The quantitative estimate of drug-likeness (QED) is 0.635. The number of amides is 2. The predicted octanol–water partition coefficient (Wildman–Crippen LogP) is 4.39. The molecule has 5 nitrogen and oxygen atoms in total. The summed E-state index contributed by atoms with van der Waals surface area (Å²) in [5.41, 5.74) is 3.06. The van der Waals surface area contributed by atoms with Gasteiger partial charge in [-0.3, -0.25) is 14.6 Å². The van der Waals surface area contributed by atoms with Crippen molar-refractivity contribution in [2.45, 2.75) is 44.7 Å². The van der Waals surface area contributed by atoms with Gasteiger partial charge in [-0.1, -0.05) is 60.7 Å². The fourth-order valence-corrected chi connectivity index (χ4v) is 4.62. The average molecular weight is 428 g/mol. The number of nitrogens with one attached hydrogen (secondary N) is 1. The number of hydrogen-bond acceptors (Lipinski definition) is 3. The van der Waals surface area contributed by atoms with Crippen LogP contribution in [0.1, 0.15) is 55.1 Å². The number of hydrogen-bond donors (Lipinski definition) is 1. The molecule has 0 spiro atoms. The van der Waals surface area contributed by atoms with E-state index in [0.717, 1.165) is 41.8 Å². The molecule has 0 unspecified atom stereocenters. The van der Waals surface area contributed by atoms with E-state index in [4.69, 9.17) is 0 Å². The van der Waals surface area contributed by atoms with E-state index < -0.39 is 5.41 Å². The monoisotopic (exact) mass is 427 g/mol. The van der Waals surface area contributed by atoms with Crippen molar-refractivity contribution in [1.29, 1.82) is 0 Å². The van der Waals surface area contributed by atoms with E-state index in [2.05, 4.69) is 10.3 Å². The Morgan fingerprint density at radius 1 is 1.03 bits per heavy atom. The fourth-order valence-electron chi connectivity index (χ4n) is 4.62. The van der Waals surface area contributed by atoms with Crippen LogP contribution in [0.15, 0.2) is 79.0 Å². The molecule has 3 aromatic rings. The molecule has 0 radical (unpaired) electrons. The molecule has 5 heteroatoms. The first-order valence-corrected chi connectivity index (χ1v) is 11.1. The summed E-state index contributed by atoms with van der Waals surface area (Å²) in [5.74, 6) is 0.0222. The van der Waals surface area contributed by atoms with E-state index in [-0.39, 0.29) is 17.9 Å². The Morgan fingerprint density at radius 3 is 2.25 bits per heavy atom. The lowest BCUT2D eigenvalue weighted by Gasteiger charge is -2.36. The topological polar surface area (TPSA) is 62.3 Å². The van der Waals surface area contributed by atoms with E-state index >= 15 is 0 Å². The highest BCUT2D eigenvalue weighted by Gasteiger charge is 2.43. The van der Waals surface area contributed by atoms with Gasteiger partial charge >= 0.3 is 0 Å². The van der Waals surface area contributed by atoms with E-state index in [1.807, 2.05) is 84.6 Å². The summed E-state index contributed by atoms with van der Waals surface area (Å²) < 4.78 is 0. The van der Waals surface area contributed by atoms with Crippen LogP contribution in [0.2, 0.25) is 0 Å². The van der Waals surface area contributed by atoms with Gasteiger partial charge in [0, 0.05) is 19.7 Å². The standard InChI is InChI=1S/C27H29N3O2/c1-20(31)29-19-24-18-21(15-16-28-24)25-14-9-17-30(25)26(32)27(2,22-10-5-3-6-11-22)23-12-7-4-8-13-23/h3-8,10-13,15-16,18,25H,9,14,17,19H2,1-2H3,(H,29,31)/t25-/m1/s1. The molecule has 1 aromatic heterocycles. The maximum absolute atomic E-state index is 14.2. The number of pyridine rings is 1. The molecule has 1 aliphatic heterocycles. The molecule has 0 bridgehead atoms. The van der Waals surface area contributed by atoms with Gasteiger partial charge in [0.1, 0.15) is 0 Å². The smallest absolute Gasteiger partial charge is 0.237 e. The Hall–Kier alpha value is -3.47. The van der Waals surface area contributed by atoms with Crippen LogP contribution in [-0.2, 0) is 21.5 Å². The van der Waals surface area contributed by atoms with Crippen molar-refractivity contribution in [3.63, 3.8) is 0 Å². The molecule has 2 aromatic carbocycles. The highest BCUT2D eigenvalue weighted by atomic mass is 16.2. The molecule has 2 amide bonds. The van der Waals surface area contributed by atoms with Crippen molar-refractivity contribution in [1.82, 2.24) is 15.2 Å².